The van der Waals surface area contributed by atoms with Crippen LogP contribution < -0.4 is 5.32 Å². The topological polar surface area (TPSA) is 32.3 Å². The molecule has 1 unspecified atom stereocenters. The van der Waals surface area contributed by atoms with E-state index >= 15 is 0 Å². The Balaban J connectivity index is 1.74. The molecule has 2 aromatic carbocycles. The monoisotopic (exact) mass is 322 g/mol. The molecule has 0 saturated carbocycles. The molecular formula is C21H26N2O. The molecule has 1 atom stereocenters. The largest absolute Gasteiger partial charge is 0.341 e. The molecule has 3 nitrogen and oxygen atoms in total. The number of nitrogens with one attached hydrogen (secondary N) is 1. The van der Waals surface area contributed by atoms with Crippen LogP contribution in [0, 0.1) is 12.8 Å². The van der Waals surface area contributed by atoms with Crippen molar-refractivity contribution in [3.8, 4) is 11.1 Å². The fourth-order valence-corrected chi connectivity index (χ4v) is 3.43. The number of carbonyl (C=O) groups is 1. The maximum absolute atomic E-state index is 12.8. The Labute approximate surface area is 144 Å². The van der Waals surface area contributed by atoms with Gasteiger partial charge in [-0.3, -0.25) is 4.79 Å². The molecule has 0 aromatic heterocycles. The quantitative estimate of drug-likeness (QED) is 0.930. The zero-order chi connectivity index (χ0) is 16.9. The molecule has 3 heteroatoms. The minimum absolute atomic E-state index is 0.107. The Hall–Kier alpha value is -2.13. The Morgan fingerprint density at radius 2 is 1.92 bits per heavy atom. The molecule has 1 heterocycles. The summed E-state index contributed by atoms with van der Waals surface area (Å²) in [4.78, 5) is 14.6. The van der Waals surface area contributed by atoms with E-state index in [-0.39, 0.29) is 5.91 Å². The van der Waals surface area contributed by atoms with Gasteiger partial charge in [0.15, 0.2) is 0 Å². The molecule has 0 aliphatic carbocycles. The van der Waals surface area contributed by atoms with Gasteiger partial charge in [0, 0.05) is 19.2 Å². The van der Waals surface area contributed by atoms with Crippen molar-refractivity contribution in [1.82, 2.24) is 10.2 Å². The van der Waals surface area contributed by atoms with Crippen molar-refractivity contribution in [2.45, 2.75) is 19.8 Å². The zero-order valence-electron chi connectivity index (χ0n) is 14.6. The first-order chi connectivity index (χ1) is 11.6. The average Bonchev–Trinajstić information content (AvgIpc) is 2.62. The van der Waals surface area contributed by atoms with E-state index in [1.54, 1.807) is 0 Å². The van der Waals surface area contributed by atoms with Gasteiger partial charge in [-0.25, -0.2) is 0 Å². The Bertz CT molecular complexity index is 704. The van der Waals surface area contributed by atoms with Crippen LogP contribution in [0.2, 0.25) is 0 Å². The summed E-state index contributed by atoms with van der Waals surface area (Å²) < 4.78 is 0. The second-order valence-electron chi connectivity index (χ2n) is 6.85. The summed E-state index contributed by atoms with van der Waals surface area (Å²) >= 11 is 0. The van der Waals surface area contributed by atoms with Gasteiger partial charge in [0.2, 0.25) is 0 Å². The molecule has 2 aromatic rings. The van der Waals surface area contributed by atoms with Crippen LogP contribution in [0.15, 0.2) is 48.5 Å². The molecule has 1 fully saturated rings. The van der Waals surface area contributed by atoms with Crippen molar-refractivity contribution in [2.75, 3.05) is 26.7 Å². The predicted octanol–water partition coefficient (Wildman–Crippen LogP) is 3.73. The van der Waals surface area contributed by atoms with Gasteiger partial charge < -0.3 is 10.2 Å². The van der Waals surface area contributed by atoms with Crippen molar-refractivity contribution in [3.63, 3.8) is 0 Å². The molecule has 1 amide bonds. The summed E-state index contributed by atoms with van der Waals surface area (Å²) in [5.74, 6) is 0.669. The first kappa shape index (κ1) is 16.7. The number of nitrogens with zero attached hydrogens (tertiary/aromatic N) is 1. The van der Waals surface area contributed by atoms with E-state index in [0.29, 0.717) is 5.92 Å². The summed E-state index contributed by atoms with van der Waals surface area (Å²) in [5.41, 5.74) is 4.24. The number of benzene rings is 2. The summed E-state index contributed by atoms with van der Waals surface area (Å²) in [6.45, 7) is 5.03. The maximum atomic E-state index is 12.8. The van der Waals surface area contributed by atoms with Gasteiger partial charge in [0.1, 0.15) is 0 Å². The van der Waals surface area contributed by atoms with Crippen LogP contribution in [0.4, 0.5) is 0 Å². The summed E-state index contributed by atoms with van der Waals surface area (Å²) in [6, 6.07) is 16.3. The lowest BCUT2D eigenvalue weighted by atomic mass is 9.98. The maximum Gasteiger partial charge on any atom is 0.253 e. The fraction of sp³-hybridized carbons (Fsp3) is 0.381. The molecule has 0 spiro atoms. The number of hydrogen-bond acceptors (Lipinski definition) is 2. The molecule has 1 N–H and O–H groups in total. The SMILES string of the molecule is Cc1cccc(-c2cccc(C(=O)N(C)CC3CCCNC3)c2)c1. The highest BCUT2D eigenvalue weighted by molar-refractivity contribution is 5.95. The molecular weight excluding hydrogens is 296 g/mol. The molecule has 3 rings (SSSR count). The molecule has 24 heavy (non-hydrogen) atoms. The van der Waals surface area contributed by atoms with Crippen LogP contribution in [0.25, 0.3) is 11.1 Å². The zero-order valence-corrected chi connectivity index (χ0v) is 14.6. The molecule has 0 radical (unpaired) electrons. The van der Waals surface area contributed by atoms with E-state index in [4.69, 9.17) is 0 Å². The molecule has 1 aliphatic heterocycles. The smallest absolute Gasteiger partial charge is 0.253 e. The normalized spacial score (nSPS) is 17.5. The van der Waals surface area contributed by atoms with E-state index in [0.717, 1.165) is 36.3 Å². The highest BCUT2D eigenvalue weighted by Gasteiger charge is 2.19. The van der Waals surface area contributed by atoms with Crippen molar-refractivity contribution in [2.24, 2.45) is 5.92 Å². The lowest BCUT2D eigenvalue weighted by molar-refractivity contribution is 0.0765. The Morgan fingerprint density at radius 3 is 2.62 bits per heavy atom. The van der Waals surface area contributed by atoms with Gasteiger partial charge in [-0.2, -0.15) is 0 Å². The highest BCUT2D eigenvalue weighted by Crippen LogP contribution is 2.22. The molecule has 1 aliphatic rings. The number of carbonyl (C=O) groups excluding carboxylic acids is 1. The molecule has 1 saturated heterocycles. The van der Waals surface area contributed by atoms with Crippen molar-refractivity contribution >= 4 is 5.91 Å². The third-order valence-corrected chi connectivity index (χ3v) is 4.74. The fourth-order valence-electron chi connectivity index (χ4n) is 3.43. The van der Waals surface area contributed by atoms with E-state index in [9.17, 15) is 4.79 Å². The summed E-state index contributed by atoms with van der Waals surface area (Å²) in [6.07, 6.45) is 2.41. The second kappa shape index (κ2) is 7.63. The summed E-state index contributed by atoms with van der Waals surface area (Å²) in [5, 5.41) is 3.42. The first-order valence-electron chi connectivity index (χ1n) is 8.77. The molecule has 0 bridgehead atoms. The van der Waals surface area contributed by atoms with E-state index in [1.165, 1.54) is 18.4 Å². The number of rotatable bonds is 4. The van der Waals surface area contributed by atoms with Crippen LogP contribution in [0.3, 0.4) is 0 Å². The lowest BCUT2D eigenvalue weighted by Crippen LogP contribution is -2.39. The van der Waals surface area contributed by atoms with Gasteiger partial charge in [-0.15, -0.1) is 0 Å². The Morgan fingerprint density at radius 1 is 1.17 bits per heavy atom. The van der Waals surface area contributed by atoms with Crippen LogP contribution in [-0.2, 0) is 0 Å². The average molecular weight is 322 g/mol. The van der Waals surface area contributed by atoms with Gasteiger partial charge in [-0.1, -0.05) is 42.0 Å². The van der Waals surface area contributed by atoms with E-state index in [2.05, 4.69) is 42.6 Å². The number of piperidine rings is 1. The van der Waals surface area contributed by atoms with Crippen LogP contribution in [-0.4, -0.2) is 37.5 Å². The van der Waals surface area contributed by atoms with Gasteiger partial charge in [0.05, 0.1) is 0 Å². The number of hydrogen-bond donors (Lipinski definition) is 1. The number of amides is 1. The lowest BCUT2D eigenvalue weighted by Gasteiger charge is -2.27. The van der Waals surface area contributed by atoms with Crippen LogP contribution in [0.1, 0.15) is 28.8 Å². The number of aryl methyl sites for hydroxylation is 1. The van der Waals surface area contributed by atoms with E-state index < -0.39 is 0 Å². The van der Waals surface area contributed by atoms with Crippen molar-refractivity contribution in [3.05, 3.63) is 59.7 Å². The highest BCUT2D eigenvalue weighted by atomic mass is 16.2. The predicted molar refractivity (Wildman–Crippen MR) is 99.2 cm³/mol. The standard InChI is InChI=1S/C21H26N2O/c1-16-6-3-8-18(12-16)19-9-4-10-20(13-19)21(24)23(2)15-17-7-5-11-22-14-17/h3-4,6,8-10,12-13,17,22H,5,7,11,14-15H2,1-2H3. The van der Waals surface area contributed by atoms with Gasteiger partial charge in [-0.05, 0) is 62.0 Å². The third kappa shape index (κ3) is 4.04. The molecule has 126 valence electrons. The van der Waals surface area contributed by atoms with Gasteiger partial charge in [0.25, 0.3) is 5.91 Å². The van der Waals surface area contributed by atoms with Crippen molar-refractivity contribution in [1.29, 1.82) is 0 Å². The second-order valence-corrected chi connectivity index (χ2v) is 6.85. The Kier molecular flexibility index (Phi) is 5.31. The van der Waals surface area contributed by atoms with Crippen LogP contribution in [0.5, 0.6) is 0 Å². The van der Waals surface area contributed by atoms with Crippen molar-refractivity contribution < 1.29 is 4.79 Å². The summed E-state index contributed by atoms with van der Waals surface area (Å²) in [7, 11) is 1.91. The minimum Gasteiger partial charge on any atom is -0.341 e. The van der Waals surface area contributed by atoms with Gasteiger partial charge >= 0.3 is 0 Å². The van der Waals surface area contributed by atoms with E-state index in [1.807, 2.05) is 30.1 Å². The first-order valence-corrected chi connectivity index (χ1v) is 8.77. The third-order valence-electron chi connectivity index (χ3n) is 4.74. The minimum atomic E-state index is 0.107. The van der Waals surface area contributed by atoms with Crippen LogP contribution >= 0.6 is 0 Å².